The molecule has 1 N–H and O–H groups in total. The molecular formula is C40H44O5. The van der Waals surface area contributed by atoms with Crippen molar-refractivity contribution in [3.8, 4) is 11.5 Å². The Hall–Kier alpha value is -4.16. The molecule has 1 aliphatic heterocycles. The van der Waals surface area contributed by atoms with E-state index in [-0.39, 0.29) is 12.7 Å². The summed E-state index contributed by atoms with van der Waals surface area (Å²) >= 11 is 0. The zero-order valence-corrected chi connectivity index (χ0v) is 26.7. The van der Waals surface area contributed by atoms with Crippen LogP contribution in [-0.2, 0) is 28.9 Å². The maximum absolute atomic E-state index is 9.74. The van der Waals surface area contributed by atoms with Crippen LogP contribution in [-0.4, -0.2) is 36.3 Å². The van der Waals surface area contributed by atoms with Crippen molar-refractivity contribution in [3.05, 3.63) is 130 Å². The monoisotopic (exact) mass is 604 g/mol. The molecule has 0 spiro atoms. The van der Waals surface area contributed by atoms with Gasteiger partial charge in [0.2, 0.25) is 0 Å². The normalized spacial score (nSPS) is 17.7. The van der Waals surface area contributed by atoms with Crippen LogP contribution in [0.3, 0.4) is 0 Å². The van der Waals surface area contributed by atoms with E-state index >= 15 is 0 Å². The summed E-state index contributed by atoms with van der Waals surface area (Å²) in [6, 6.07) is 31.4. The van der Waals surface area contributed by atoms with Crippen LogP contribution in [0, 0.1) is 0 Å². The molecule has 0 saturated carbocycles. The highest BCUT2D eigenvalue weighted by molar-refractivity contribution is 5.75. The Morgan fingerprint density at radius 2 is 1.18 bits per heavy atom. The van der Waals surface area contributed by atoms with Gasteiger partial charge >= 0.3 is 0 Å². The van der Waals surface area contributed by atoms with Crippen LogP contribution in [0.25, 0.3) is 24.3 Å². The predicted octanol–water partition coefficient (Wildman–Crippen LogP) is 8.62. The molecule has 4 aromatic rings. The molecule has 0 amide bonds. The standard InChI is InChI=1S/C40H44O5/c1-5-29-16-20-34(36(24-29)42-27-33-10-8-7-9-11-33)22-18-31-12-14-32(15-13-31)19-23-35-21-17-30(6-2)25-37(35)43-28-39-38(26-41)44-40(3,4)45-39/h7-25,38-39,41H,5-6,26-28H2,1-4H3/b22-18+,23-19+/t38-,39-/m0/s1. The summed E-state index contributed by atoms with van der Waals surface area (Å²) in [6.07, 6.45) is 9.52. The highest BCUT2D eigenvalue weighted by Gasteiger charge is 2.41. The summed E-state index contributed by atoms with van der Waals surface area (Å²) in [6.45, 7) is 8.71. The molecule has 2 atom stereocenters. The number of hydrogen-bond acceptors (Lipinski definition) is 5. The molecule has 45 heavy (non-hydrogen) atoms. The first-order chi connectivity index (χ1) is 21.9. The SMILES string of the molecule is CCc1ccc(/C=C/c2ccc(/C=C/c3ccc(CC)cc3OC[C@@H]3OC(C)(C)O[C@H]3CO)cc2)c(OCc2ccccc2)c1. The van der Waals surface area contributed by atoms with Crippen molar-refractivity contribution >= 4 is 24.3 Å². The maximum atomic E-state index is 9.74. The fraction of sp³-hybridized carbons (Fsp3) is 0.300. The lowest BCUT2D eigenvalue weighted by Gasteiger charge is -2.18. The number of ether oxygens (including phenoxy) is 4. The number of aryl methyl sites for hydroxylation is 2. The van der Waals surface area contributed by atoms with Gasteiger partial charge in [0, 0.05) is 11.1 Å². The largest absolute Gasteiger partial charge is 0.490 e. The smallest absolute Gasteiger partial charge is 0.164 e. The summed E-state index contributed by atoms with van der Waals surface area (Å²) in [7, 11) is 0. The Kier molecular flexibility index (Phi) is 10.9. The molecule has 0 unspecified atom stereocenters. The second-order valence-electron chi connectivity index (χ2n) is 11.8. The van der Waals surface area contributed by atoms with E-state index in [1.54, 1.807) is 0 Å². The van der Waals surface area contributed by atoms with Crippen molar-refractivity contribution in [1.82, 2.24) is 0 Å². The molecule has 0 aliphatic carbocycles. The van der Waals surface area contributed by atoms with Crippen LogP contribution < -0.4 is 9.47 Å². The number of benzene rings is 4. The van der Waals surface area contributed by atoms with Gasteiger partial charge in [0.15, 0.2) is 5.79 Å². The van der Waals surface area contributed by atoms with E-state index in [2.05, 4.69) is 111 Å². The van der Waals surface area contributed by atoms with Crippen LogP contribution in [0.2, 0.25) is 0 Å². The van der Waals surface area contributed by atoms with Crippen LogP contribution in [0.4, 0.5) is 0 Å². The number of aliphatic hydroxyl groups excluding tert-OH is 1. The summed E-state index contributed by atoms with van der Waals surface area (Å²) in [5.41, 5.74) is 7.83. The third-order valence-corrected chi connectivity index (χ3v) is 7.92. The lowest BCUT2D eigenvalue weighted by Crippen LogP contribution is -2.31. The molecule has 4 aromatic carbocycles. The molecular weight excluding hydrogens is 560 g/mol. The Labute approximate surface area is 267 Å². The highest BCUT2D eigenvalue weighted by Crippen LogP contribution is 2.30. The molecule has 0 bridgehead atoms. The van der Waals surface area contributed by atoms with E-state index in [0.29, 0.717) is 13.2 Å². The third kappa shape index (κ3) is 8.95. The van der Waals surface area contributed by atoms with Gasteiger partial charge in [-0.3, -0.25) is 0 Å². The van der Waals surface area contributed by atoms with E-state index in [1.807, 2.05) is 32.0 Å². The van der Waals surface area contributed by atoms with E-state index in [0.717, 1.165) is 52.2 Å². The fourth-order valence-electron chi connectivity index (χ4n) is 5.33. The number of aliphatic hydroxyl groups is 1. The molecule has 234 valence electrons. The molecule has 1 saturated heterocycles. The third-order valence-electron chi connectivity index (χ3n) is 7.92. The Morgan fingerprint density at radius 3 is 1.71 bits per heavy atom. The molecule has 0 aromatic heterocycles. The summed E-state index contributed by atoms with van der Waals surface area (Å²) < 4.78 is 24.3. The van der Waals surface area contributed by atoms with Crippen LogP contribution in [0.15, 0.2) is 91.0 Å². The molecule has 1 heterocycles. The molecule has 1 fully saturated rings. The molecule has 5 rings (SSSR count). The number of hydrogen-bond donors (Lipinski definition) is 1. The topological polar surface area (TPSA) is 57.2 Å². The Balaban J connectivity index is 1.26. The second-order valence-corrected chi connectivity index (χ2v) is 11.8. The first-order valence-electron chi connectivity index (χ1n) is 15.8. The van der Waals surface area contributed by atoms with Gasteiger partial charge in [-0.15, -0.1) is 0 Å². The van der Waals surface area contributed by atoms with Gasteiger partial charge in [-0.25, -0.2) is 0 Å². The van der Waals surface area contributed by atoms with Gasteiger partial charge < -0.3 is 24.1 Å². The average molecular weight is 605 g/mol. The molecule has 1 aliphatic rings. The Bertz CT molecular complexity index is 1590. The van der Waals surface area contributed by atoms with E-state index in [9.17, 15) is 5.11 Å². The lowest BCUT2D eigenvalue weighted by atomic mass is 10.0. The van der Waals surface area contributed by atoms with Gasteiger partial charge in [-0.1, -0.05) is 117 Å². The Morgan fingerprint density at radius 1 is 0.644 bits per heavy atom. The van der Waals surface area contributed by atoms with Gasteiger partial charge in [0.05, 0.1) is 6.61 Å². The minimum absolute atomic E-state index is 0.112. The summed E-state index contributed by atoms with van der Waals surface area (Å²) in [4.78, 5) is 0. The quantitative estimate of drug-likeness (QED) is 0.155. The van der Waals surface area contributed by atoms with Crippen molar-refractivity contribution in [2.75, 3.05) is 13.2 Å². The summed E-state index contributed by atoms with van der Waals surface area (Å²) in [5, 5.41) is 9.74. The van der Waals surface area contributed by atoms with Gasteiger partial charge in [0.25, 0.3) is 0 Å². The van der Waals surface area contributed by atoms with Gasteiger partial charge in [-0.2, -0.15) is 0 Å². The summed E-state index contributed by atoms with van der Waals surface area (Å²) in [5.74, 6) is 0.938. The maximum Gasteiger partial charge on any atom is 0.164 e. The first-order valence-corrected chi connectivity index (χ1v) is 15.8. The zero-order valence-electron chi connectivity index (χ0n) is 26.7. The average Bonchev–Trinajstić information content (AvgIpc) is 3.38. The lowest BCUT2D eigenvalue weighted by molar-refractivity contribution is -0.150. The molecule has 5 nitrogen and oxygen atoms in total. The van der Waals surface area contributed by atoms with Crippen molar-refractivity contribution in [1.29, 1.82) is 0 Å². The minimum Gasteiger partial charge on any atom is -0.490 e. The van der Waals surface area contributed by atoms with Gasteiger partial charge in [-0.05, 0) is 66.6 Å². The van der Waals surface area contributed by atoms with Crippen molar-refractivity contribution in [2.45, 2.75) is 65.1 Å². The highest BCUT2D eigenvalue weighted by atomic mass is 16.8. The van der Waals surface area contributed by atoms with E-state index in [1.165, 1.54) is 11.1 Å². The van der Waals surface area contributed by atoms with Crippen molar-refractivity contribution in [3.63, 3.8) is 0 Å². The minimum atomic E-state index is -0.741. The van der Waals surface area contributed by atoms with Crippen molar-refractivity contribution in [2.24, 2.45) is 0 Å². The van der Waals surface area contributed by atoms with Crippen LogP contribution in [0.5, 0.6) is 11.5 Å². The number of rotatable bonds is 13. The van der Waals surface area contributed by atoms with Crippen LogP contribution in [0.1, 0.15) is 66.6 Å². The van der Waals surface area contributed by atoms with E-state index in [4.69, 9.17) is 18.9 Å². The van der Waals surface area contributed by atoms with E-state index < -0.39 is 11.9 Å². The zero-order chi connectivity index (χ0) is 31.6. The molecule has 0 radical (unpaired) electrons. The van der Waals surface area contributed by atoms with Gasteiger partial charge in [0.1, 0.15) is 36.9 Å². The van der Waals surface area contributed by atoms with Crippen molar-refractivity contribution < 1.29 is 24.1 Å². The first kappa shape index (κ1) is 32.2. The molecule has 5 heteroatoms. The van der Waals surface area contributed by atoms with Crippen LogP contribution >= 0.6 is 0 Å². The fourth-order valence-corrected chi connectivity index (χ4v) is 5.33. The second kappa shape index (κ2) is 15.2. The predicted molar refractivity (Wildman–Crippen MR) is 183 cm³/mol.